The van der Waals surface area contributed by atoms with E-state index in [-0.39, 0.29) is 17.9 Å². The second-order valence-electron chi connectivity index (χ2n) is 6.04. The van der Waals surface area contributed by atoms with Gasteiger partial charge in [-0.1, -0.05) is 24.3 Å². The summed E-state index contributed by atoms with van der Waals surface area (Å²) < 4.78 is 1.61. The highest BCUT2D eigenvalue weighted by Crippen LogP contribution is 2.26. The predicted octanol–water partition coefficient (Wildman–Crippen LogP) is 2.63. The van der Waals surface area contributed by atoms with Crippen molar-refractivity contribution in [1.82, 2.24) is 25.1 Å². The number of rotatable bonds is 7. The van der Waals surface area contributed by atoms with Crippen LogP contribution in [0.25, 0.3) is 11.3 Å². The van der Waals surface area contributed by atoms with Crippen LogP contribution in [0.2, 0.25) is 0 Å². The molecule has 0 aliphatic heterocycles. The topological polar surface area (TPSA) is 102 Å². The van der Waals surface area contributed by atoms with Crippen LogP contribution < -0.4 is 10.6 Å². The third-order valence-corrected chi connectivity index (χ3v) is 4.67. The Balaban J connectivity index is 1.58. The zero-order valence-corrected chi connectivity index (χ0v) is 15.9. The van der Waals surface area contributed by atoms with Gasteiger partial charge in [0.05, 0.1) is 18.3 Å². The third kappa shape index (κ3) is 5.20. The molecule has 0 aliphatic carbocycles. The van der Waals surface area contributed by atoms with Crippen molar-refractivity contribution in [1.29, 1.82) is 0 Å². The monoisotopic (exact) mass is 384 g/mol. The molecule has 2 amide bonds. The lowest BCUT2D eigenvalue weighted by molar-refractivity contribution is -0.119. The van der Waals surface area contributed by atoms with Crippen molar-refractivity contribution in [3.63, 3.8) is 0 Å². The highest BCUT2D eigenvalue weighted by molar-refractivity contribution is 7.14. The molecule has 0 radical (unpaired) electrons. The number of nitrogens with zero attached hydrogens (tertiary/aromatic N) is 4. The molecular formula is C18H20N6O2S. The van der Waals surface area contributed by atoms with E-state index in [2.05, 4.69) is 25.7 Å². The summed E-state index contributed by atoms with van der Waals surface area (Å²) in [6.45, 7) is 3.91. The van der Waals surface area contributed by atoms with Crippen molar-refractivity contribution >= 4 is 28.3 Å². The van der Waals surface area contributed by atoms with E-state index in [1.165, 1.54) is 24.6 Å². The van der Waals surface area contributed by atoms with Crippen LogP contribution in [-0.4, -0.2) is 31.6 Å². The number of nitrogens with one attached hydrogen (secondary N) is 2. The fourth-order valence-electron chi connectivity index (χ4n) is 2.54. The highest BCUT2D eigenvalue weighted by atomic mass is 32.1. The maximum Gasteiger partial charge on any atom is 0.228 e. The summed E-state index contributed by atoms with van der Waals surface area (Å²) in [5.41, 5.74) is 2.77. The summed E-state index contributed by atoms with van der Waals surface area (Å²) in [6, 6.07) is 7.79. The summed E-state index contributed by atoms with van der Waals surface area (Å²) in [7, 11) is 0. The van der Waals surface area contributed by atoms with Crippen LogP contribution in [-0.2, 0) is 16.1 Å². The minimum atomic E-state index is -0.120. The normalized spacial score (nSPS) is 11.8. The third-order valence-electron chi connectivity index (χ3n) is 3.91. The molecule has 140 valence electrons. The Kier molecular flexibility index (Phi) is 5.92. The van der Waals surface area contributed by atoms with Crippen LogP contribution in [0.4, 0.5) is 5.13 Å². The molecule has 0 unspecified atom stereocenters. The van der Waals surface area contributed by atoms with E-state index in [0.717, 1.165) is 16.8 Å². The van der Waals surface area contributed by atoms with Gasteiger partial charge in [0.25, 0.3) is 0 Å². The zero-order valence-electron chi connectivity index (χ0n) is 15.0. The standard InChI is InChI=1S/C18H20N6O2S/c1-12(21-13(2)25)14-3-5-15(6-4-14)16-9-27-18(22-16)23-17(26)7-8-24-11-19-10-20-24/h3-6,9-12H,7-8H2,1-2H3,(H,21,25)(H,22,23,26)/t12-/m1/s1. The summed E-state index contributed by atoms with van der Waals surface area (Å²) in [5.74, 6) is -0.179. The van der Waals surface area contributed by atoms with Gasteiger partial charge in [0.1, 0.15) is 12.7 Å². The van der Waals surface area contributed by atoms with Crippen molar-refractivity contribution in [2.24, 2.45) is 0 Å². The summed E-state index contributed by atoms with van der Waals surface area (Å²) >= 11 is 1.38. The predicted molar refractivity (Wildman–Crippen MR) is 103 cm³/mol. The molecule has 3 aromatic rings. The Morgan fingerprint density at radius 3 is 2.70 bits per heavy atom. The molecule has 2 N–H and O–H groups in total. The molecule has 2 aromatic heterocycles. The van der Waals surface area contributed by atoms with E-state index >= 15 is 0 Å². The smallest absolute Gasteiger partial charge is 0.228 e. The number of aryl methyl sites for hydroxylation is 1. The van der Waals surface area contributed by atoms with Gasteiger partial charge < -0.3 is 10.6 Å². The number of thiazole rings is 1. The summed E-state index contributed by atoms with van der Waals surface area (Å²) in [4.78, 5) is 31.5. The molecule has 0 aliphatic rings. The molecule has 9 heteroatoms. The summed E-state index contributed by atoms with van der Waals surface area (Å²) in [6.07, 6.45) is 3.31. The molecule has 0 saturated heterocycles. The Bertz CT molecular complexity index is 904. The summed E-state index contributed by atoms with van der Waals surface area (Å²) in [5, 5.41) is 12.1. The first kappa shape index (κ1) is 18.7. The SMILES string of the molecule is CC(=O)N[C@H](C)c1ccc(-c2csc(NC(=O)CCn3cncn3)n2)cc1. The number of aromatic nitrogens is 4. The lowest BCUT2D eigenvalue weighted by Crippen LogP contribution is -2.23. The first-order valence-electron chi connectivity index (χ1n) is 8.46. The average molecular weight is 384 g/mol. The molecule has 1 atom stereocenters. The number of carbonyl (C=O) groups excluding carboxylic acids is 2. The molecule has 0 spiro atoms. The number of carbonyl (C=O) groups is 2. The van der Waals surface area contributed by atoms with Crippen molar-refractivity contribution in [2.45, 2.75) is 32.9 Å². The van der Waals surface area contributed by atoms with Crippen LogP contribution in [0.3, 0.4) is 0 Å². The molecule has 2 heterocycles. The van der Waals surface area contributed by atoms with Crippen LogP contribution >= 0.6 is 11.3 Å². The van der Waals surface area contributed by atoms with Crippen LogP contribution in [0.5, 0.6) is 0 Å². The van der Waals surface area contributed by atoms with Gasteiger partial charge in [-0.2, -0.15) is 5.10 Å². The number of hydrogen-bond donors (Lipinski definition) is 2. The molecule has 3 rings (SSSR count). The molecular weight excluding hydrogens is 364 g/mol. The second-order valence-corrected chi connectivity index (χ2v) is 6.90. The van der Waals surface area contributed by atoms with Crippen LogP contribution in [0.15, 0.2) is 42.3 Å². The molecule has 0 saturated carbocycles. The van der Waals surface area contributed by atoms with Gasteiger partial charge in [0.2, 0.25) is 11.8 Å². The van der Waals surface area contributed by atoms with Crippen molar-refractivity contribution in [3.8, 4) is 11.3 Å². The van der Waals surface area contributed by atoms with E-state index in [0.29, 0.717) is 18.1 Å². The van der Waals surface area contributed by atoms with E-state index in [1.54, 1.807) is 11.0 Å². The minimum absolute atomic E-state index is 0.0492. The van der Waals surface area contributed by atoms with Gasteiger partial charge in [-0.3, -0.25) is 14.3 Å². The number of amides is 2. The first-order valence-corrected chi connectivity index (χ1v) is 9.34. The van der Waals surface area contributed by atoms with Gasteiger partial charge in [-0.15, -0.1) is 11.3 Å². The fourth-order valence-corrected chi connectivity index (χ4v) is 3.28. The van der Waals surface area contributed by atoms with Gasteiger partial charge in [0, 0.05) is 24.3 Å². The van der Waals surface area contributed by atoms with Crippen LogP contribution in [0.1, 0.15) is 31.9 Å². The molecule has 8 nitrogen and oxygen atoms in total. The number of benzene rings is 1. The van der Waals surface area contributed by atoms with E-state index in [1.807, 2.05) is 36.6 Å². The maximum absolute atomic E-state index is 12.0. The quantitative estimate of drug-likeness (QED) is 0.652. The van der Waals surface area contributed by atoms with Crippen LogP contribution in [0, 0.1) is 0 Å². The first-order chi connectivity index (χ1) is 13.0. The molecule has 27 heavy (non-hydrogen) atoms. The van der Waals surface area contributed by atoms with Crippen molar-refractivity contribution in [3.05, 3.63) is 47.9 Å². The van der Waals surface area contributed by atoms with Gasteiger partial charge in [-0.05, 0) is 12.5 Å². The lowest BCUT2D eigenvalue weighted by Gasteiger charge is -2.13. The minimum Gasteiger partial charge on any atom is -0.350 e. The van der Waals surface area contributed by atoms with Gasteiger partial charge in [-0.25, -0.2) is 9.97 Å². The average Bonchev–Trinajstić information content (AvgIpc) is 3.31. The zero-order chi connectivity index (χ0) is 19.2. The van der Waals surface area contributed by atoms with E-state index in [4.69, 9.17) is 0 Å². The number of anilines is 1. The lowest BCUT2D eigenvalue weighted by atomic mass is 10.1. The van der Waals surface area contributed by atoms with Crippen molar-refractivity contribution < 1.29 is 9.59 Å². The van der Waals surface area contributed by atoms with Gasteiger partial charge in [0.15, 0.2) is 5.13 Å². The fraction of sp³-hybridized carbons (Fsp3) is 0.278. The van der Waals surface area contributed by atoms with Crippen molar-refractivity contribution in [2.75, 3.05) is 5.32 Å². The Hall–Kier alpha value is -3.07. The maximum atomic E-state index is 12.0. The largest absolute Gasteiger partial charge is 0.350 e. The highest BCUT2D eigenvalue weighted by Gasteiger charge is 2.10. The molecule has 0 bridgehead atoms. The molecule has 0 fully saturated rings. The Morgan fingerprint density at radius 1 is 1.26 bits per heavy atom. The second kappa shape index (κ2) is 8.54. The van der Waals surface area contributed by atoms with E-state index < -0.39 is 0 Å². The Labute approximate surface area is 160 Å². The molecule has 1 aromatic carbocycles. The van der Waals surface area contributed by atoms with E-state index in [9.17, 15) is 9.59 Å². The van der Waals surface area contributed by atoms with Gasteiger partial charge >= 0.3 is 0 Å². The number of hydrogen-bond acceptors (Lipinski definition) is 6. The Morgan fingerprint density at radius 2 is 2.04 bits per heavy atom.